The Morgan fingerprint density at radius 3 is 2.65 bits per heavy atom. The normalized spacial score (nSPS) is 21.4. The lowest BCUT2D eigenvalue weighted by Gasteiger charge is -2.39. The van der Waals surface area contributed by atoms with E-state index < -0.39 is 11.7 Å². The van der Waals surface area contributed by atoms with E-state index in [4.69, 9.17) is 4.52 Å². The second kappa shape index (κ2) is 8.96. The molecule has 2 aliphatic rings. The van der Waals surface area contributed by atoms with Crippen LogP contribution in [-0.2, 0) is 17.5 Å². The molecule has 3 heterocycles. The molecule has 7 nitrogen and oxygen atoms in total. The Morgan fingerprint density at radius 1 is 1.16 bits per heavy atom. The van der Waals surface area contributed by atoms with Crippen molar-refractivity contribution in [3.63, 3.8) is 0 Å². The number of benzene rings is 1. The molecule has 1 aromatic carbocycles. The number of halogens is 3. The number of nitrogens with zero attached hydrogens (tertiary/aromatic N) is 5. The molecule has 2 aromatic rings. The third-order valence-corrected chi connectivity index (χ3v) is 6.01. The van der Waals surface area contributed by atoms with Gasteiger partial charge in [0.15, 0.2) is 0 Å². The van der Waals surface area contributed by atoms with Crippen molar-refractivity contribution in [1.29, 1.82) is 0 Å². The lowest BCUT2D eigenvalue weighted by atomic mass is 10.0. The quantitative estimate of drug-likeness (QED) is 0.733. The first kappa shape index (κ1) is 21.8. The maximum absolute atomic E-state index is 12.9. The van der Waals surface area contributed by atoms with Crippen LogP contribution in [-0.4, -0.2) is 76.6 Å². The molecule has 10 heteroatoms. The van der Waals surface area contributed by atoms with Gasteiger partial charge in [-0.05, 0) is 38.6 Å². The summed E-state index contributed by atoms with van der Waals surface area (Å²) in [6.07, 6.45) is -1.28. The molecule has 0 bridgehead atoms. The van der Waals surface area contributed by atoms with Crippen LogP contribution in [0, 0.1) is 0 Å². The number of alkyl halides is 3. The van der Waals surface area contributed by atoms with Crippen molar-refractivity contribution in [2.45, 2.75) is 38.0 Å². The summed E-state index contributed by atoms with van der Waals surface area (Å²) in [5.41, 5.74) is -0.488. The first-order valence-electron chi connectivity index (χ1n) is 10.5. The van der Waals surface area contributed by atoms with E-state index in [-0.39, 0.29) is 23.3 Å². The van der Waals surface area contributed by atoms with Crippen molar-refractivity contribution in [2.24, 2.45) is 0 Å². The molecule has 2 saturated heterocycles. The van der Waals surface area contributed by atoms with Gasteiger partial charge in [0.1, 0.15) is 0 Å². The zero-order chi connectivity index (χ0) is 22.0. The van der Waals surface area contributed by atoms with Crippen LogP contribution in [0.2, 0.25) is 0 Å². The molecular weight excluding hydrogens is 411 g/mol. The van der Waals surface area contributed by atoms with E-state index in [0.29, 0.717) is 38.6 Å². The summed E-state index contributed by atoms with van der Waals surface area (Å²) >= 11 is 0. The number of hydrogen-bond acceptors (Lipinski definition) is 6. The number of hydrogen-bond donors (Lipinski definition) is 0. The zero-order valence-corrected chi connectivity index (χ0v) is 17.4. The predicted octanol–water partition coefficient (Wildman–Crippen LogP) is 2.88. The molecule has 1 unspecified atom stereocenters. The predicted molar refractivity (Wildman–Crippen MR) is 107 cm³/mol. The highest BCUT2D eigenvalue weighted by Crippen LogP contribution is 2.31. The van der Waals surface area contributed by atoms with E-state index >= 15 is 0 Å². The van der Waals surface area contributed by atoms with Gasteiger partial charge in [0.05, 0.1) is 18.2 Å². The van der Waals surface area contributed by atoms with Gasteiger partial charge in [0.25, 0.3) is 0 Å². The number of carbonyl (C=O) groups is 1. The Balaban J connectivity index is 1.33. The molecule has 0 spiro atoms. The summed E-state index contributed by atoms with van der Waals surface area (Å²) in [6.45, 7) is 4.00. The Labute approximate surface area is 178 Å². The Kier molecular flexibility index (Phi) is 6.29. The van der Waals surface area contributed by atoms with Gasteiger partial charge in [-0.2, -0.15) is 18.2 Å². The third-order valence-electron chi connectivity index (χ3n) is 6.01. The summed E-state index contributed by atoms with van der Waals surface area (Å²) in [7, 11) is 2.01. The van der Waals surface area contributed by atoms with Crippen molar-refractivity contribution in [3.05, 3.63) is 35.7 Å². The maximum atomic E-state index is 12.9. The van der Waals surface area contributed by atoms with Gasteiger partial charge < -0.3 is 9.42 Å². The van der Waals surface area contributed by atoms with Gasteiger partial charge in [-0.25, -0.2) is 0 Å². The number of likely N-dealkylation sites (tertiary alicyclic amines) is 1. The summed E-state index contributed by atoms with van der Waals surface area (Å²) in [5, 5.41) is 3.84. The van der Waals surface area contributed by atoms with Crippen molar-refractivity contribution >= 4 is 5.91 Å². The SMILES string of the molecule is CN1CCCCC1C(=O)N1CCN(Cc2nc(-c3cccc(C(F)(F)F)c3)no2)CC1. The minimum absolute atomic E-state index is 0.0220. The number of likely N-dealkylation sites (N-methyl/N-ethyl adjacent to an activating group) is 1. The highest BCUT2D eigenvalue weighted by Gasteiger charge is 2.32. The number of rotatable bonds is 4. The topological polar surface area (TPSA) is 65.7 Å². The summed E-state index contributed by atoms with van der Waals surface area (Å²) < 4.78 is 44.0. The molecule has 4 rings (SSSR count). The van der Waals surface area contributed by atoms with Crippen LogP contribution < -0.4 is 0 Å². The van der Waals surface area contributed by atoms with E-state index in [1.807, 2.05) is 11.9 Å². The molecule has 0 radical (unpaired) electrons. The molecule has 0 saturated carbocycles. The largest absolute Gasteiger partial charge is 0.416 e. The lowest BCUT2D eigenvalue weighted by Crippen LogP contribution is -2.55. The second-order valence-electron chi connectivity index (χ2n) is 8.18. The molecule has 0 aliphatic carbocycles. The van der Waals surface area contributed by atoms with Crippen molar-refractivity contribution in [1.82, 2.24) is 24.8 Å². The Bertz CT molecular complexity index is 908. The molecule has 31 heavy (non-hydrogen) atoms. The number of piperazine rings is 1. The Morgan fingerprint density at radius 2 is 1.94 bits per heavy atom. The number of carbonyl (C=O) groups excluding carboxylic acids is 1. The minimum Gasteiger partial charge on any atom is -0.339 e. The first-order valence-corrected chi connectivity index (χ1v) is 10.5. The molecule has 2 aliphatic heterocycles. The molecule has 1 atom stereocenters. The van der Waals surface area contributed by atoms with E-state index in [2.05, 4.69) is 19.9 Å². The first-order chi connectivity index (χ1) is 14.8. The fourth-order valence-electron chi connectivity index (χ4n) is 4.19. The van der Waals surface area contributed by atoms with Gasteiger partial charge in [-0.1, -0.05) is 23.7 Å². The van der Waals surface area contributed by atoms with Crippen LogP contribution in [0.3, 0.4) is 0 Å². The van der Waals surface area contributed by atoms with Crippen LogP contribution in [0.1, 0.15) is 30.7 Å². The standard InChI is InChI=1S/C21H26F3N5O2/c1-27-8-3-2-7-17(27)20(30)29-11-9-28(10-12-29)14-18-25-19(26-31-18)15-5-4-6-16(13-15)21(22,23)24/h4-6,13,17H,2-3,7-12,14H2,1H3. The smallest absolute Gasteiger partial charge is 0.339 e. The van der Waals surface area contributed by atoms with Gasteiger partial charge in [0, 0.05) is 31.7 Å². The van der Waals surface area contributed by atoms with Crippen molar-refractivity contribution in [2.75, 3.05) is 39.8 Å². The minimum atomic E-state index is -4.42. The Hall–Kier alpha value is -2.46. The second-order valence-corrected chi connectivity index (χ2v) is 8.18. The van der Waals surface area contributed by atoms with Crippen LogP contribution in [0.15, 0.2) is 28.8 Å². The molecule has 0 N–H and O–H groups in total. The fourth-order valence-corrected chi connectivity index (χ4v) is 4.19. The molecule has 2 fully saturated rings. The summed E-state index contributed by atoms with van der Waals surface area (Å²) in [5.74, 6) is 0.681. The maximum Gasteiger partial charge on any atom is 0.416 e. The number of piperidine rings is 1. The van der Waals surface area contributed by atoms with Gasteiger partial charge in [-0.15, -0.1) is 0 Å². The van der Waals surface area contributed by atoms with Crippen LogP contribution in [0.5, 0.6) is 0 Å². The monoisotopic (exact) mass is 437 g/mol. The van der Waals surface area contributed by atoms with Crippen LogP contribution in [0.25, 0.3) is 11.4 Å². The summed E-state index contributed by atoms with van der Waals surface area (Å²) in [6, 6.07) is 4.86. The van der Waals surface area contributed by atoms with E-state index in [1.165, 1.54) is 12.1 Å². The van der Waals surface area contributed by atoms with Crippen LogP contribution >= 0.6 is 0 Å². The fraction of sp³-hybridized carbons (Fsp3) is 0.571. The van der Waals surface area contributed by atoms with E-state index in [0.717, 1.165) is 37.9 Å². The number of amides is 1. The average Bonchev–Trinajstić information content (AvgIpc) is 3.22. The molecule has 1 aromatic heterocycles. The highest BCUT2D eigenvalue weighted by atomic mass is 19.4. The van der Waals surface area contributed by atoms with Crippen molar-refractivity contribution in [3.8, 4) is 11.4 Å². The lowest BCUT2D eigenvalue weighted by molar-refractivity contribution is -0.139. The molecule has 168 valence electrons. The van der Waals surface area contributed by atoms with Gasteiger partial charge >= 0.3 is 6.18 Å². The van der Waals surface area contributed by atoms with Gasteiger partial charge in [0.2, 0.25) is 17.6 Å². The van der Waals surface area contributed by atoms with Crippen molar-refractivity contribution < 1.29 is 22.5 Å². The zero-order valence-electron chi connectivity index (χ0n) is 17.4. The van der Waals surface area contributed by atoms with Gasteiger partial charge in [-0.3, -0.25) is 14.6 Å². The highest BCUT2D eigenvalue weighted by molar-refractivity contribution is 5.82. The molecule has 1 amide bonds. The van der Waals surface area contributed by atoms with Crippen LogP contribution in [0.4, 0.5) is 13.2 Å². The number of aromatic nitrogens is 2. The van der Waals surface area contributed by atoms with E-state index in [1.54, 1.807) is 0 Å². The summed E-state index contributed by atoms with van der Waals surface area (Å²) in [4.78, 5) is 23.3. The van der Waals surface area contributed by atoms with E-state index in [9.17, 15) is 18.0 Å². The average molecular weight is 437 g/mol. The molecular formula is C21H26F3N5O2. The third kappa shape index (κ3) is 5.07.